The van der Waals surface area contributed by atoms with Crippen LogP contribution >= 0.6 is 10.7 Å². The van der Waals surface area contributed by atoms with Gasteiger partial charge in [0.15, 0.2) is 0 Å². The number of hydrogen-bond acceptors (Lipinski definition) is 4. The largest absolute Gasteiger partial charge is 0.459 e. The molecule has 0 aromatic rings. The van der Waals surface area contributed by atoms with E-state index in [2.05, 4.69) is 0 Å². The minimum absolute atomic E-state index is 0.274. The van der Waals surface area contributed by atoms with Crippen molar-refractivity contribution in [1.82, 2.24) is 4.31 Å². The predicted molar refractivity (Wildman–Crippen MR) is 60.3 cm³/mol. The first-order valence-corrected chi connectivity index (χ1v) is 7.32. The molecule has 0 N–H and O–H groups in total. The topological polar surface area (TPSA) is 63.7 Å². The molecule has 5 nitrogen and oxygen atoms in total. The van der Waals surface area contributed by atoms with Crippen LogP contribution < -0.4 is 0 Å². The lowest BCUT2D eigenvalue weighted by Crippen LogP contribution is -2.41. The lowest BCUT2D eigenvalue weighted by atomic mass is 10.2. The summed E-state index contributed by atoms with van der Waals surface area (Å²) in [6.07, 6.45) is 1.08. The van der Waals surface area contributed by atoms with Gasteiger partial charge in [0.1, 0.15) is 11.6 Å². The van der Waals surface area contributed by atoms with E-state index in [-0.39, 0.29) is 6.54 Å². The number of rotatable bonds is 2. The van der Waals surface area contributed by atoms with E-state index in [4.69, 9.17) is 15.4 Å². The summed E-state index contributed by atoms with van der Waals surface area (Å²) in [4.78, 5) is 11.7. The average Bonchev–Trinajstić information content (AvgIpc) is 2.45. The number of esters is 1. The molecule has 94 valence electrons. The SMILES string of the molecule is CC(C)(C)OC(=O)C1CCCN1S(=O)(=O)Cl. The summed E-state index contributed by atoms with van der Waals surface area (Å²) in [5, 5.41) is 0. The van der Waals surface area contributed by atoms with E-state index < -0.39 is 26.8 Å². The second-order valence-corrected chi connectivity index (χ2v) is 7.21. The zero-order chi connectivity index (χ0) is 12.6. The smallest absolute Gasteiger partial charge is 0.325 e. The molecule has 0 saturated carbocycles. The van der Waals surface area contributed by atoms with Crippen molar-refractivity contribution in [2.75, 3.05) is 6.54 Å². The first-order valence-electron chi connectivity index (χ1n) is 5.05. The number of carbonyl (C=O) groups is 1. The number of hydrogen-bond donors (Lipinski definition) is 0. The first kappa shape index (κ1) is 13.7. The molecule has 1 atom stereocenters. The molecule has 0 aromatic heterocycles. The summed E-state index contributed by atoms with van der Waals surface area (Å²) in [5.74, 6) is -0.533. The van der Waals surface area contributed by atoms with E-state index in [1.54, 1.807) is 20.8 Å². The summed E-state index contributed by atoms with van der Waals surface area (Å²) < 4.78 is 28.5. The van der Waals surface area contributed by atoms with E-state index >= 15 is 0 Å². The number of carbonyl (C=O) groups excluding carboxylic acids is 1. The second-order valence-electron chi connectivity index (χ2n) is 4.74. The van der Waals surface area contributed by atoms with E-state index in [1.807, 2.05) is 0 Å². The molecule has 0 amide bonds. The highest BCUT2D eigenvalue weighted by Crippen LogP contribution is 2.25. The van der Waals surface area contributed by atoms with Crippen molar-refractivity contribution in [2.45, 2.75) is 45.3 Å². The Morgan fingerprint density at radius 2 is 2.00 bits per heavy atom. The molecule has 1 unspecified atom stereocenters. The van der Waals surface area contributed by atoms with E-state index in [9.17, 15) is 13.2 Å². The van der Waals surface area contributed by atoms with Crippen molar-refractivity contribution in [3.63, 3.8) is 0 Å². The van der Waals surface area contributed by atoms with Crippen LogP contribution in [0.2, 0.25) is 0 Å². The van der Waals surface area contributed by atoms with Crippen LogP contribution in [0, 0.1) is 0 Å². The maximum atomic E-state index is 11.7. The summed E-state index contributed by atoms with van der Waals surface area (Å²) in [6, 6.07) is -0.776. The van der Waals surface area contributed by atoms with Crippen LogP contribution in [0.1, 0.15) is 33.6 Å². The molecule has 1 aliphatic rings. The van der Waals surface area contributed by atoms with Crippen LogP contribution in [-0.2, 0) is 18.8 Å². The standard InChI is InChI=1S/C9H16ClNO4S/c1-9(2,3)15-8(12)7-5-4-6-11(7)16(10,13)14/h7H,4-6H2,1-3H3. The Hall–Kier alpha value is -0.330. The molecular weight excluding hydrogens is 254 g/mol. The molecule has 1 heterocycles. The summed E-state index contributed by atoms with van der Waals surface area (Å²) in [5.41, 5.74) is -0.624. The van der Waals surface area contributed by atoms with Gasteiger partial charge >= 0.3 is 15.2 Å². The molecule has 0 spiro atoms. The Morgan fingerprint density at radius 3 is 2.44 bits per heavy atom. The minimum atomic E-state index is -3.85. The summed E-state index contributed by atoms with van der Waals surface area (Å²) in [7, 11) is 1.39. The Kier molecular flexibility index (Phi) is 3.87. The van der Waals surface area contributed by atoms with E-state index in [0.29, 0.717) is 12.8 Å². The highest BCUT2D eigenvalue weighted by molar-refractivity contribution is 8.11. The van der Waals surface area contributed by atoms with Crippen molar-refractivity contribution >= 4 is 25.9 Å². The Labute approximate surface area is 100 Å². The second kappa shape index (κ2) is 4.50. The zero-order valence-electron chi connectivity index (χ0n) is 9.57. The third-order valence-corrected chi connectivity index (χ3v) is 3.69. The Bertz CT molecular complexity index is 373. The molecule has 0 radical (unpaired) electrons. The van der Waals surface area contributed by atoms with Crippen LogP contribution in [0.3, 0.4) is 0 Å². The van der Waals surface area contributed by atoms with E-state index in [1.165, 1.54) is 0 Å². The molecule has 0 aliphatic carbocycles. The van der Waals surface area contributed by atoms with Crippen molar-refractivity contribution in [3.8, 4) is 0 Å². The lowest BCUT2D eigenvalue weighted by molar-refractivity contribution is -0.158. The third kappa shape index (κ3) is 3.61. The fraction of sp³-hybridized carbons (Fsp3) is 0.889. The molecule has 0 bridgehead atoms. The Morgan fingerprint density at radius 1 is 1.44 bits per heavy atom. The number of nitrogens with zero attached hydrogens (tertiary/aromatic N) is 1. The van der Waals surface area contributed by atoms with Gasteiger partial charge in [-0.15, -0.1) is 0 Å². The quantitative estimate of drug-likeness (QED) is 0.560. The zero-order valence-corrected chi connectivity index (χ0v) is 11.1. The van der Waals surface area contributed by atoms with Gasteiger partial charge in [0.2, 0.25) is 0 Å². The van der Waals surface area contributed by atoms with Gasteiger partial charge in [-0.2, -0.15) is 12.7 Å². The molecule has 1 aliphatic heterocycles. The van der Waals surface area contributed by atoms with Gasteiger partial charge in [-0.05, 0) is 33.6 Å². The van der Waals surface area contributed by atoms with Crippen LogP contribution in [0.4, 0.5) is 0 Å². The maximum absolute atomic E-state index is 11.7. The van der Waals surface area contributed by atoms with Crippen molar-refractivity contribution < 1.29 is 17.9 Å². The predicted octanol–water partition coefficient (Wildman–Crippen LogP) is 1.28. The van der Waals surface area contributed by atoms with Crippen molar-refractivity contribution in [2.24, 2.45) is 0 Å². The molecule has 1 saturated heterocycles. The average molecular weight is 270 g/mol. The summed E-state index contributed by atoms with van der Waals surface area (Å²) >= 11 is 0. The maximum Gasteiger partial charge on any atom is 0.325 e. The highest BCUT2D eigenvalue weighted by atomic mass is 35.7. The summed E-state index contributed by atoms with van der Waals surface area (Å²) in [6.45, 7) is 5.48. The minimum Gasteiger partial charge on any atom is -0.459 e. The molecule has 16 heavy (non-hydrogen) atoms. The van der Waals surface area contributed by atoms with Crippen molar-refractivity contribution in [1.29, 1.82) is 0 Å². The van der Waals surface area contributed by atoms with Crippen LogP contribution in [0.5, 0.6) is 0 Å². The third-order valence-electron chi connectivity index (χ3n) is 2.16. The first-order chi connectivity index (χ1) is 7.11. The lowest BCUT2D eigenvalue weighted by Gasteiger charge is -2.25. The van der Waals surface area contributed by atoms with Crippen LogP contribution in [-0.4, -0.2) is 36.9 Å². The number of halogens is 1. The molecule has 7 heteroatoms. The molecule has 1 fully saturated rings. The van der Waals surface area contributed by atoms with Crippen molar-refractivity contribution in [3.05, 3.63) is 0 Å². The Balaban J connectivity index is 2.77. The van der Waals surface area contributed by atoms with Gasteiger partial charge in [0, 0.05) is 17.2 Å². The van der Waals surface area contributed by atoms with Gasteiger partial charge in [0.25, 0.3) is 0 Å². The molecule has 0 aromatic carbocycles. The van der Waals surface area contributed by atoms with Gasteiger partial charge in [0.05, 0.1) is 0 Å². The van der Waals surface area contributed by atoms with Gasteiger partial charge < -0.3 is 4.74 Å². The fourth-order valence-corrected chi connectivity index (χ4v) is 2.94. The highest BCUT2D eigenvalue weighted by Gasteiger charge is 2.39. The molecular formula is C9H16ClNO4S. The monoisotopic (exact) mass is 269 g/mol. The fourth-order valence-electron chi connectivity index (χ4n) is 1.61. The van der Waals surface area contributed by atoms with E-state index in [0.717, 1.165) is 4.31 Å². The van der Waals surface area contributed by atoms with Crippen LogP contribution in [0.25, 0.3) is 0 Å². The van der Waals surface area contributed by atoms with Gasteiger partial charge in [-0.3, -0.25) is 4.79 Å². The van der Waals surface area contributed by atoms with Crippen LogP contribution in [0.15, 0.2) is 0 Å². The van der Waals surface area contributed by atoms with Gasteiger partial charge in [-0.25, -0.2) is 0 Å². The molecule has 1 rings (SSSR count). The number of ether oxygens (including phenoxy) is 1. The van der Waals surface area contributed by atoms with Gasteiger partial charge in [-0.1, -0.05) is 0 Å². The normalized spacial score (nSPS) is 23.4.